The lowest BCUT2D eigenvalue weighted by atomic mass is 9.81. The molecule has 13 heavy (non-hydrogen) atoms. The smallest absolute Gasteiger partial charge is 0.423 e. The summed E-state index contributed by atoms with van der Waals surface area (Å²) < 4.78 is 11.3. The Morgan fingerprint density at radius 2 is 1.85 bits per heavy atom. The molecule has 0 heterocycles. The van der Waals surface area contributed by atoms with E-state index in [-0.39, 0.29) is 0 Å². The van der Waals surface area contributed by atoms with Gasteiger partial charge in [0.2, 0.25) is 0 Å². The van der Waals surface area contributed by atoms with Gasteiger partial charge < -0.3 is 10.0 Å². The monoisotopic (exact) mass is 198 g/mol. The highest BCUT2D eigenvalue weighted by atomic mass is 32.2. The van der Waals surface area contributed by atoms with Gasteiger partial charge >= 0.3 is 7.12 Å². The second-order valence-electron chi connectivity index (χ2n) is 2.58. The van der Waals surface area contributed by atoms with Gasteiger partial charge in [0.1, 0.15) is 0 Å². The van der Waals surface area contributed by atoms with Crippen molar-refractivity contribution in [1.82, 2.24) is 0 Å². The van der Waals surface area contributed by atoms with Gasteiger partial charge in [0, 0.05) is 10.6 Å². The number of rotatable bonds is 3. The number of hydrogen-bond donors (Lipinski definition) is 2. The standard InChI is InChI=1S/C8H11BO3S/c1-2-13(12)8-5-3-7(4-6-8)9(10)11/h3-6,10-11H,2H2,1H3/t13-/m1/s1. The van der Waals surface area contributed by atoms with Gasteiger partial charge in [-0.1, -0.05) is 19.1 Å². The maximum Gasteiger partial charge on any atom is 0.488 e. The van der Waals surface area contributed by atoms with Crippen LogP contribution < -0.4 is 5.46 Å². The fourth-order valence-electron chi connectivity index (χ4n) is 0.958. The Bertz CT molecular complexity index is 297. The van der Waals surface area contributed by atoms with E-state index in [0.29, 0.717) is 16.1 Å². The molecule has 1 rings (SSSR count). The van der Waals surface area contributed by atoms with E-state index in [1.54, 1.807) is 24.3 Å². The van der Waals surface area contributed by atoms with Crippen LogP contribution in [0.2, 0.25) is 0 Å². The summed E-state index contributed by atoms with van der Waals surface area (Å²) in [6, 6.07) is 6.42. The molecule has 0 aliphatic carbocycles. The first-order chi connectivity index (χ1) is 6.15. The van der Waals surface area contributed by atoms with Gasteiger partial charge in [0.05, 0.1) is 10.8 Å². The Morgan fingerprint density at radius 3 is 2.23 bits per heavy atom. The molecule has 5 heteroatoms. The predicted octanol–water partition coefficient (Wildman–Crippen LogP) is -0.506. The van der Waals surface area contributed by atoms with Crippen LogP contribution in [0.25, 0.3) is 0 Å². The Balaban J connectivity index is 2.87. The largest absolute Gasteiger partial charge is 0.488 e. The van der Waals surface area contributed by atoms with E-state index in [4.69, 9.17) is 10.0 Å². The minimum atomic E-state index is -1.45. The molecular formula is C8H11BO3S. The van der Waals surface area contributed by atoms with Crippen molar-refractivity contribution in [2.24, 2.45) is 0 Å². The van der Waals surface area contributed by atoms with Gasteiger partial charge in [0.25, 0.3) is 0 Å². The highest BCUT2D eigenvalue weighted by Crippen LogP contribution is 2.03. The minimum absolute atomic E-state index is 0.414. The van der Waals surface area contributed by atoms with E-state index in [2.05, 4.69) is 0 Å². The first-order valence-electron chi connectivity index (χ1n) is 3.99. The molecule has 1 atom stereocenters. The summed E-state index contributed by atoms with van der Waals surface area (Å²) in [5.41, 5.74) is 0.414. The molecule has 3 nitrogen and oxygen atoms in total. The maximum absolute atomic E-state index is 11.3. The Labute approximate surface area is 80.0 Å². The summed E-state index contributed by atoms with van der Waals surface area (Å²) in [5, 5.41) is 17.6. The molecule has 0 aliphatic rings. The van der Waals surface area contributed by atoms with Crippen molar-refractivity contribution in [3.05, 3.63) is 24.3 Å². The average Bonchev–Trinajstić information content (AvgIpc) is 2.17. The topological polar surface area (TPSA) is 57.5 Å². The van der Waals surface area contributed by atoms with Crippen molar-refractivity contribution in [2.45, 2.75) is 11.8 Å². The van der Waals surface area contributed by atoms with E-state index in [9.17, 15) is 4.21 Å². The third kappa shape index (κ3) is 2.65. The number of hydrogen-bond acceptors (Lipinski definition) is 3. The highest BCUT2D eigenvalue weighted by Gasteiger charge is 2.10. The van der Waals surface area contributed by atoms with Crippen molar-refractivity contribution >= 4 is 23.4 Å². The molecule has 0 amide bonds. The van der Waals surface area contributed by atoms with E-state index < -0.39 is 17.9 Å². The molecule has 0 radical (unpaired) electrons. The summed E-state index contributed by atoms with van der Waals surface area (Å²) in [7, 11) is -2.43. The Morgan fingerprint density at radius 1 is 1.31 bits per heavy atom. The molecule has 0 spiro atoms. The minimum Gasteiger partial charge on any atom is -0.423 e. The molecule has 1 aromatic rings. The van der Waals surface area contributed by atoms with Crippen molar-refractivity contribution in [2.75, 3.05) is 5.75 Å². The third-order valence-corrected chi connectivity index (χ3v) is 3.03. The van der Waals surface area contributed by atoms with Gasteiger partial charge in [0.15, 0.2) is 0 Å². The SMILES string of the molecule is CC[S@@](=O)c1ccc(B(O)O)cc1. The second-order valence-corrected chi connectivity index (χ2v) is 4.32. The van der Waals surface area contributed by atoms with E-state index >= 15 is 0 Å². The number of benzene rings is 1. The molecule has 0 fully saturated rings. The average molecular weight is 198 g/mol. The Hall–Kier alpha value is -0.645. The zero-order chi connectivity index (χ0) is 9.84. The van der Waals surface area contributed by atoms with Crippen molar-refractivity contribution in [3.63, 3.8) is 0 Å². The van der Waals surface area contributed by atoms with Crippen LogP contribution in [0.3, 0.4) is 0 Å². The van der Waals surface area contributed by atoms with Crippen LogP contribution in [0.15, 0.2) is 29.2 Å². The lowest BCUT2D eigenvalue weighted by Crippen LogP contribution is -2.29. The van der Waals surface area contributed by atoms with Crippen LogP contribution in [0, 0.1) is 0 Å². The van der Waals surface area contributed by atoms with E-state index in [1.807, 2.05) is 6.92 Å². The second kappa shape index (κ2) is 4.55. The van der Waals surface area contributed by atoms with Crippen LogP contribution in [0.5, 0.6) is 0 Å². The van der Waals surface area contributed by atoms with Gasteiger partial charge in [-0.15, -0.1) is 0 Å². The lowest BCUT2D eigenvalue weighted by molar-refractivity contribution is 0.425. The molecule has 0 unspecified atom stereocenters. The van der Waals surface area contributed by atoms with Gasteiger partial charge in [-0.05, 0) is 17.6 Å². The van der Waals surface area contributed by atoms with E-state index in [0.717, 1.165) is 0 Å². The molecule has 0 bridgehead atoms. The van der Waals surface area contributed by atoms with Crippen LogP contribution in [-0.4, -0.2) is 27.1 Å². The van der Waals surface area contributed by atoms with E-state index in [1.165, 1.54) is 0 Å². The normalized spacial score (nSPS) is 12.5. The molecule has 0 saturated heterocycles. The lowest BCUT2D eigenvalue weighted by Gasteiger charge is -2.01. The van der Waals surface area contributed by atoms with Crippen molar-refractivity contribution < 1.29 is 14.3 Å². The summed E-state index contributed by atoms with van der Waals surface area (Å²) >= 11 is 0. The van der Waals surface area contributed by atoms with Crippen LogP contribution in [0.1, 0.15) is 6.92 Å². The zero-order valence-electron chi connectivity index (χ0n) is 7.30. The van der Waals surface area contributed by atoms with Crippen LogP contribution in [-0.2, 0) is 10.8 Å². The van der Waals surface area contributed by atoms with Gasteiger partial charge in [-0.2, -0.15) is 0 Å². The van der Waals surface area contributed by atoms with Crippen molar-refractivity contribution in [1.29, 1.82) is 0 Å². The summed E-state index contributed by atoms with van der Waals surface area (Å²) in [5.74, 6) is 0.570. The summed E-state index contributed by atoms with van der Waals surface area (Å²) in [6.07, 6.45) is 0. The molecule has 0 aromatic heterocycles. The Kier molecular flexibility index (Phi) is 3.65. The fraction of sp³-hybridized carbons (Fsp3) is 0.250. The van der Waals surface area contributed by atoms with Gasteiger partial charge in [-0.3, -0.25) is 4.21 Å². The first kappa shape index (κ1) is 10.4. The summed E-state index contributed by atoms with van der Waals surface area (Å²) in [4.78, 5) is 0.715. The van der Waals surface area contributed by atoms with Crippen molar-refractivity contribution in [3.8, 4) is 0 Å². The van der Waals surface area contributed by atoms with Crippen LogP contribution in [0.4, 0.5) is 0 Å². The predicted molar refractivity (Wildman–Crippen MR) is 53.2 cm³/mol. The highest BCUT2D eigenvalue weighted by molar-refractivity contribution is 7.85. The molecule has 0 aliphatic heterocycles. The zero-order valence-corrected chi connectivity index (χ0v) is 8.12. The molecule has 70 valence electrons. The molecule has 0 saturated carbocycles. The maximum atomic E-state index is 11.3. The van der Waals surface area contributed by atoms with Gasteiger partial charge in [-0.25, -0.2) is 0 Å². The molecular weight excluding hydrogens is 187 g/mol. The first-order valence-corrected chi connectivity index (χ1v) is 5.31. The third-order valence-electron chi connectivity index (χ3n) is 1.70. The van der Waals surface area contributed by atoms with Crippen LogP contribution >= 0.6 is 0 Å². The quantitative estimate of drug-likeness (QED) is 0.643. The summed E-state index contributed by atoms with van der Waals surface area (Å²) in [6.45, 7) is 1.84. The fourth-order valence-corrected chi connectivity index (χ4v) is 1.73. The molecule has 1 aromatic carbocycles. The molecule has 2 N–H and O–H groups in total.